The van der Waals surface area contributed by atoms with E-state index in [1.165, 1.54) is 12.8 Å². The zero-order chi connectivity index (χ0) is 21.2. The van der Waals surface area contributed by atoms with Gasteiger partial charge >= 0.3 is 0 Å². The zero-order valence-corrected chi connectivity index (χ0v) is 17.4. The van der Waals surface area contributed by atoms with E-state index < -0.39 is 0 Å². The Bertz CT molecular complexity index is 1200. The first-order valence-electron chi connectivity index (χ1n) is 10.7. The number of carbonyl (C=O) groups is 1. The van der Waals surface area contributed by atoms with Crippen LogP contribution >= 0.6 is 0 Å². The second kappa shape index (κ2) is 8.22. The van der Waals surface area contributed by atoms with Crippen molar-refractivity contribution in [3.63, 3.8) is 0 Å². The number of hydrogen-bond acceptors (Lipinski definition) is 4. The van der Waals surface area contributed by atoms with Crippen LogP contribution in [0.3, 0.4) is 0 Å². The van der Waals surface area contributed by atoms with Gasteiger partial charge in [0.1, 0.15) is 17.3 Å². The van der Waals surface area contributed by atoms with Crippen LogP contribution in [0.1, 0.15) is 41.8 Å². The number of hydrogen-bond donors (Lipinski definition) is 2. The van der Waals surface area contributed by atoms with Crippen molar-refractivity contribution in [2.24, 2.45) is 0 Å². The van der Waals surface area contributed by atoms with Crippen molar-refractivity contribution in [1.82, 2.24) is 20.4 Å². The number of aromatic amines is 1. The van der Waals surface area contributed by atoms with Crippen LogP contribution in [0, 0.1) is 6.92 Å². The van der Waals surface area contributed by atoms with E-state index >= 15 is 0 Å². The predicted octanol–water partition coefficient (Wildman–Crippen LogP) is 5.38. The minimum atomic E-state index is -0.0495. The molecule has 0 radical (unpaired) electrons. The van der Waals surface area contributed by atoms with Crippen molar-refractivity contribution < 1.29 is 9.32 Å². The van der Waals surface area contributed by atoms with E-state index in [4.69, 9.17) is 9.51 Å². The van der Waals surface area contributed by atoms with Crippen molar-refractivity contribution in [3.05, 3.63) is 72.1 Å². The van der Waals surface area contributed by atoms with Gasteiger partial charge in [-0.15, -0.1) is 0 Å². The van der Waals surface area contributed by atoms with Gasteiger partial charge in [0.05, 0.1) is 16.8 Å². The Kier molecular flexibility index (Phi) is 5.12. The number of amides is 1. The Morgan fingerprint density at radius 1 is 1.06 bits per heavy atom. The van der Waals surface area contributed by atoms with Gasteiger partial charge in [0.2, 0.25) is 0 Å². The fourth-order valence-corrected chi connectivity index (χ4v) is 4.28. The highest BCUT2D eigenvalue weighted by Crippen LogP contribution is 2.34. The number of nitrogens with one attached hydrogen (secondary N) is 2. The summed E-state index contributed by atoms with van der Waals surface area (Å²) in [6, 6.07) is 17.7. The summed E-state index contributed by atoms with van der Waals surface area (Å²) in [4.78, 5) is 21.0. The monoisotopic (exact) mass is 412 g/mol. The molecule has 1 aliphatic carbocycles. The zero-order valence-electron chi connectivity index (χ0n) is 17.4. The number of aryl methyl sites for hydroxylation is 1. The molecule has 6 heteroatoms. The van der Waals surface area contributed by atoms with Crippen LogP contribution in [0.5, 0.6) is 0 Å². The molecule has 1 fully saturated rings. The average Bonchev–Trinajstić information content (AvgIpc) is 3.55. The molecule has 2 aromatic carbocycles. The molecule has 0 saturated heterocycles. The van der Waals surface area contributed by atoms with Gasteiger partial charge in [-0.3, -0.25) is 4.79 Å². The van der Waals surface area contributed by atoms with Crippen LogP contribution in [-0.4, -0.2) is 27.1 Å². The molecular formula is C25H24N4O2. The van der Waals surface area contributed by atoms with Gasteiger partial charge in [0.25, 0.3) is 5.91 Å². The Morgan fingerprint density at radius 2 is 1.81 bits per heavy atom. The van der Waals surface area contributed by atoms with Gasteiger partial charge < -0.3 is 14.8 Å². The Morgan fingerprint density at radius 3 is 2.61 bits per heavy atom. The summed E-state index contributed by atoms with van der Waals surface area (Å²) in [6.45, 7) is 1.88. The molecule has 2 N–H and O–H groups in total. The van der Waals surface area contributed by atoms with E-state index in [1.54, 1.807) is 0 Å². The lowest BCUT2D eigenvalue weighted by molar-refractivity contribution is 0.0938. The van der Waals surface area contributed by atoms with Crippen molar-refractivity contribution in [2.45, 2.75) is 38.6 Å². The molecule has 5 rings (SSSR count). The Hall–Kier alpha value is -3.67. The van der Waals surface area contributed by atoms with E-state index in [0.717, 1.165) is 40.9 Å². The molecule has 2 heterocycles. The smallest absolute Gasteiger partial charge is 0.252 e. The van der Waals surface area contributed by atoms with E-state index in [0.29, 0.717) is 17.1 Å². The van der Waals surface area contributed by atoms with Gasteiger partial charge in [0.15, 0.2) is 0 Å². The van der Waals surface area contributed by atoms with Crippen molar-refractivity contribution in [1.29, 1.82) is 0 Å². The first-order chi connectivity index (χ1) is 15.2. The normalized spacial score (nSPS) is 14.1. The highest BCUT2D eigenvalue weighted by molar-refractivity contribution is 6.00. The standard InChI is InChI=1S/C25H24N4O2/c1-16-22(23(29-31-16)17-9-3-2-4-10-17)21-15-26-24(28-21)19-13-7-8-14-20(19)25(30)27-18-11-5-6-12-18/h2-4,7-10,13-15,18H,5-6,11-12H2,1H3,(H,26,28)(H,27,30). The maximum absolute atomic E-state index is 12.9. The summed E-state index contributed by atoms with van der Waals surface area (Å²) in [7, 11) is 0. The summed E-state index contributed by atoms with van der Waals surface area (Å²) in [5.41, 5.74) is 4.71. The lowest BCUT2D eigenvalue weighted by atomic mass is 10.0. The summed E-state index contributed by atoms with van der Waals surface area (Å²) >= 11 is 0. The fraction of sp³-hybridized carbons (Fsp3) is 0.240. The van der Waals surface area contributed by atoms with E-state index in [1.807, 2.05) is 67.7 Å². The molecule has 1 aliphatic rings. The number of rotatable bonds is 5. The molecule has 0 aliphatic heterocycles. The molecule has 31 heavy (non-hydrogen) atoms. The molecule has 6 nitrogen and oxygen atoms in total. The highest BCUT2D eigenvalue weighted by atomic mass is 16.5. The van der Waals surface area contributed by atoms with Gasteiger partial charge in [0, 0.05) is 23.4 Å². The average molecular weight is 412 g/mol. The van der Waals surface area contributed by atoms with Crippen LogP contribution < -0.4 is 5.32 Å². The van der Waals surface area contributed by atoms with E-state index in [-0.39, 0.29) is 11.9 Å². The topological polar surface area (TPSA) is 83.8 Å². The number of carbonyl (C=O) groups excluding carboxylic acids is 1. The molecule has 0 unspecified atom stereocenters. The van der Waals surface area contributed by atoms with Crippen molar-refractivity contribution in [2.75, 3.05) is 0 Å². The minimum Gasteiger partial charge on any atom is -0.360 e. The molecule has 2 aromatic heterocycles. The molecule has 156 valence electrons. The van der Waals surface area contributed by atoms with Gasteiger partial charge in [-0.25, -0.2) is 4.98 Å². The molecule has 4 aromatic rings. The van der Waals surface area contributed by atoms with Crippen LogP contribution in [0.4, 0.5) is 0 Å². The minimum absolute atomic E-state index is 0.0495. The number of imidazole rings is 1. The number of nitrogens with zero attached hydrogens (tertiary/aromatic N) is 2. The maximum Gasteiger partial charge on any atom is 0.252 e. The van der Waals surface area contributed by atoms with Crippen LogP contribution in [0.15, 0.2) is 65.3 Å². The number of benzene rings is 2. The molecule has 0 spiro atoms. The second-order valence-electron chi connectivity index (χ2n) is 7.96. The summed E-state index contributed by atoms with van der Waals surface area (Å²) in [5, 5.41) is 7.43. The summed E-state index contributed by atoms with van der Waals surface area (Å²) < 4.78 is 5.49. The van der Waals surface area contributed by atoms with Crippen LogP contribution in [0.2, 0.25) is 0 Å². The lowest BCUT2D eigenvalue weighted by Crippen LogP contribution is -2.32. The first kappa shape index (κ1) is 19.3. The maximum atomic E-state index is 12.9. The predicted molar refractivity (Wildman–Crippen MR) is 119 cm³/mol. The van der Waals surface area contributed by atoms with Gasteiger partial charge in [-0.05, 0) is 25.8 Å². The Balaban J connectivity index is 1.49. The first-order valence-corrected chi connectivity index (χ1v) is 10.7. The third-order valence-electron chi connectivity index (χ3n) is 5.86. The van der Waals surface area contributed by atoms with Crippen molar-refractivity contribution >= 4 is 5.91 Å². The van der Waals surface area contributed by atoms with Crippen LogP contribution in [0.25, 0.3) is 33.9 Å². The largest absolute Gasteiger partial charge is 0.360 e. The number of H-pyrrole nitrogens is 1. The third-order valence-corrected chi connectivity index (χ3v) is 5.86. The molecule has 0 atom stereocenters. The molecule has 1 amide bonds. The van der Waals surface area contributed by atoms with Crippen molar-refractivity contribution in [3.8, 4) is 33.9 Å². The summed E-state index contributed by atoms with van der Waals surface area (Å²) in [6.07, 6.45) is 6.29. The van der Waals surface area contributed by atoms with Crippen LogP contribution in [-0.2, 0) is 0 Å². The third kappa shape index (κ3) is 3.77. The second-order valence-corrected chi connectivity index (χ2v) is 7.96. The van der Waals surface area contributed by atoms with Gasteiger partial charge in [-0.2, -0.15) is 0 Å². The van der Waals surface area contributed by atoms with E-state index in [2.05, 4.69) is 15.5 Å². The Labute approximate surface area is 180 Å². The molecule has 0 bridgehead atoms. The van der Waals surface area contributed by atoms with E-state index in [9.17, 15) is 4.79 Å². The summed E-state index contributed by atoms with van der Waals surface area (Å²) in [5.74, 6) is 1.29. The molecular weight excluding hydrogens is 388 g/mol. The quantitative estimate of drug-likeness (QED) is 0.461. The SMILES string of the molecule is Cc1onc(-c2ccccc2)c1-c1c[nH]c(-c2ccccc2C(=O)NC2CCCC2)n1. The fourth-order valence-electron chi connectivity index (χ4n) is 4.28. The molecule has 1 saturated carbocycles. The highest BCUT2D eigenvalue weighted by Gasteiger charge is 2.23. The lowest BCUT2D eigenvalue weighted by Gasteiger charge is -2.13. The van der Waals surface area contributed by atoms with Gasteiger partial charge in [-0.1, -0.05) is 66.5 Å². The number of aromatic nitrogens is 3.